The predicted octanol–water partition coefficient (Wildman–Crippen LogP) is 1.58. The third kappa shape index (κ3) is 4.11. The number of amides is 1. The van der Waals surface area contributed by atoms with Crippen molar-refractivity contribution in [3.63, 3.8) is 0 Å². The van der Waals surface area contributed by atoms with Gasteiger partial charge in [-0.25, -0.2) is 0 Å². The SMILES string of the molecule is CCN1CCN(C(=O)CNc2cc(C)ccc2OC)CC1. The smallest absolute Gasteiger partial charge is 0.241 e. The van der Waals surface area contributed by atoms with Gasteiger partial charge in [0, 0.05) is 26.2 Å². The normalized spacial score (nSPS) is 15.9. The number of carbonyl (C=O) groups excluding carboxylic acids is 1. The van der Waals surface area contributed by atoms with Crippen molar-refractivity contribution in [1.29, 1.82) is 0 Å². The summed E-state index contributed by atoms with van der Waals surface area (Å²) >= 11 is 0. The molecule has 1 aliphatic rings. The van der Waals surface area contributed by atoms with Crippen molar-refractivity contribution < 1.29 is 9.53 Å². The Labute approximate surface area is 126 Å². The minimum Gasteiger partial charge on any atom is -0.495 e. The number of aryl methyl sites for hydroxylation is 1. The van der Waals surface area contributed by atoms with Crippen LogP contribution in [0.5, 0.6) is 5.75 Å². The van der Waals surface area contributed by atoms with Gasteiger partial charge in [-0.05, 0) is 31.2 Å². The van der Waals surface area contributed by atoms with Crippen molar-refractivity contribution >= 4 is 11.6 Å². The first kappa shape index (κ1) is 15.6. The lowest BCUT2D eigenvalue weighted by atomic mass is 10.2. The number of nitrogens with zero attached hydrogens (tertiary/aromatic N) is 2. The molecule has 1 N–H and O–H groups in total. The molecule has 0 unspecified atom stereocenters. The van der Waals surface area contributed by atoms with Crippen LogP contribution in [0.4, 0.5) is 5.69 Å². The van der Waals surface area contributed by atoms with E-state index in [1.807, 2.05) is 30.0 Å². The van der Waals surface area contributed by atoms with Gasteiger partial charge in [-0.2, -0.15) is 0 Å². The number of hydrogen-bond donors (Lipinski definition) is 1. The average molecular weight is 291 g/mol. The maximum Gasteiger partial charge on any atom is 0.241 e. The van der Waals surface area contributed by atoms with Gasteiger partial charge in [-0.15, -0.1) is 0 Å². The van der Waals surface area contributed by atoms with Crippen LogP contribution in [0.2, 0.25) is 0 Å². The van der Waals surface area contributed by atoms with E-state index in [2.05, 4.69) is 17.1 Å². The van der Waals surface area contributed by atoms with Crippen LogP contribution < -0.4 is 10.1 Å². The number of ether oxygens (including phenoxy) is 1. The summed E-state index contributed by atoms with van der Waals surface area (Å²) in [5, 5.41) is 3.20. The lowest BCUT2D eigenvalue weighted by Gasteiger charge is -2.34. The Morgan fingerprint density at radius 3 is 2.62 bits per heavy atom. The topological polar surface area (TPSA) is 44.8 Å². The maximum atomic E-state index is 12.3. The Balaban J connectivity index is 1.88. The molecule has 0 saturated carbocycles. The monoisotopic (exact) mass is 291 g/mol. The quantitative estimate of drug-likeness (QED) is 0.894. The Bertz CT molecular complexity index is 482. The highest BCUT2D eigenvalue weighted by Gasteiger charge is 2.19. The molecule has 0 bridgehead atoms. The summed E-state index contributed by atoms with van der Waals surface area (Å²) in [6.45, 7) is 9.12. The van der Waals surface area contributed by atoms with Crippen LogP contribution in [0, 0.1) is 6.92 Å². The van der Waals surface area contributed by atoms with Crippen molar-refractivity contribution in [2.75, 3.05) is 51.7 Å². The summed E-state index contributed by atoms with van der Waals surface area (Å²) in [6, 6.07) is 5.92. The highest BCUT2D eigenvalue weighted by molar-refractivity contribution is 5.81. The third-order valence-corrected chi connectivity index (χ3v) is 3.96. The molecular formula is C16H25N3O2. The van der Waals surface area contributed by atoms with Crippen LogP contribution in [0.3, 0.4) is 0 Å². The Morgan fingerprint density at radius 1 is 1.29 bits per heavy atom. The minimum absolute atomic E-state index is 0.148. The van der Waals surface area contributed by atoms with Gasteiger partial charge in [0.15, 0.2) is 0 Å². The molecule has 5 nitrogen and oxygen atoms in total. The van der Waals surface area contributed by atoms with E-state index in [0.29, 0.717) is 6.54 Å². The van der Waals surface area contributed by atoms with E-state index in [1.165, 1.54) is 0 Å². The van der Waals surface area contributed by atoms with Gasteiger partial charge >= 0.3 is 0 Å². The van der Waals surface area contributed by atoms with Gasteiger partial charge in [0.2, 0.25) is 5.91 Å². The Kier molecular flexibility index (Phi) is 5.44. The fourth-order valence-corrected chi connectivity index (χ4v) is 2.56. The highest BCUT2D eigenvalue weighted by atomic mass is 16.5. The molecule has 1 fully saturated rings. The molecule has 0 atom stereocenters. The lowest BCUT2D eigenvalue weighted by Crippen LogP contribution is -2.49. The van der Waals surface area contributed by atoms with E-state index in [0.717, 1.165) is 49.7 Å². The van der Waals surface area contributed by atoms with Crippen molar-refractivity contribution in [1.82, 2.24) is 9.80 Å². The summed E-state index contributed by atoms with van der Waals surface area (Å²) in [5.41, 5.74) is 2.01. The molecule has 0 aromatic heterocycles. The number of piperazine rings is 1. The zero-order valence-corrected chi connectivity index (χ0v) is 13.2. The fraction of sp³-hybridized carbons (Fsp3) is 0.562. The van der Waals surface area contributed by atoms with E-state index in [9.17, 15) is 4.79 Å². The van der Waals surface area contributed by atoms with Crippen LogP contribution in [-0.2, 0) is 4.79 Å². The molecule has 1 aromatic carbocycles. The van der Waals surface area contributed by atoms with Crippen molar-refractivity contribution in [3.05, 3.63) is 23.8 Å². The second-order valence-corrected chi connectivity index (χ2v) is 5.37. The minimum atomic E-state index is 0.148. The summed E-state index contributed by atoms with van der Waals surface area (Å²) in [6.07, 6.45) is 0. The average Bonchev–Trinajstić information content (AvgIpc) is 2.52. The fourth-order valence-electron chi connectivity index (χ4n) is 2.56. The first-order valence-electron chi connectivity index (χ1n) is 7.52. The van der Waals surface area contributed by atoms with Gasteiger partial charge in [0.1, 0.15) is 5.75 Å². The number of carbonyl (C=O) groups is 1. The summed E-state index contributed by atoms with van der Waals surface area (Å²) in [7, 11) is 1.64. The van der Waals surface area contributed by atoms with E-state index < -0.39 is 0 Å². The van der Waals surface area contributed by atoms with Crippen molar-refractivity contribution in [2.45, 2.75) is 13.8 Å². The van der Waals surface area contributed by atoms with Gasteiger partial charge in [-0.3, -0.25) is 4.79 Å². The predicted molar refractivity (Wildman–Crippen MR) is 84.9 cm³/mol. The molecule has 0 spiro atoms. The number of anilines is 1. The zero-order valence-electron chi connectivity index (χ0n) is 13.2. The zero-order chi connectivity index (χ0) is 15.2. The van der Waals surface area contributed by atoms with Gasteiger partial charge in [0.05, 0.1) is 19.3 Å². The van der Waals surface area contributed by atoms with E-state index in [4.69, 9.17) is 4.74 Å². The lowest BCUT2D eigenvalue weighted by molar-refractivity contribution is -0.131. The molecule has 0 aliphatic carbocycles. The second-order valence-electron chi connectivity index (χ2n) is 5.37. The largest absolute Gasteiger partial charge is 0.495 e. The Morgan fingerprint density at radius 2 is 2.00 bits per heavy atom. The van der Waals surface area contributed by atoms with Crippen LogP contribution >= 0.6 is 0 Å². The van der Waals surface area contributed by atoms with E-state index in [-0.39, 0.29) is 5.91 Å². The molecule has 1 aromatic rings. The number of benzene rings is 1. The molecule has 2 rings (SSSR count). The maximum absolute atomic E-state index is 12.3. The van der Waals surface area contributed by atoms with E-state index in [1.54, 1.807) is 7.11 Å². The Hall–Kier alpha value is -1.75. The van der Waals surface area contributed by atoms with Gasteiger partial charge < -0.3 is 19.9 Å². The molecule has 1 aliphatic heterocycles. The summed E-state index contributed by atoms with van der Waals surface area (Å²) in [4.78, 5) is 16.5. The molecule has 116 valence electrons. The number of rotatable bonds is 5. The van der Waals surface area contributed by atoms with Crippen LogP contribution in [0.1, 0.15) is 12.5 Å². The molecule has 0 radical (unpaired) electrons. The van der Waals surface area contributed by atoms with Crippen LogP contribution in [-0.4, -0.2) is 62.1 Å². The molecule has 5 heteroatoms. The van der Waals surface area contributed by atoms with Gasteiger partial charge in [0.25, 0.3) is 0 Å². The standard InChI is InChI=1S/C16H25N3O2/c1-4-18-7-9-19(10-8-18)16(20)12-17-14-11-13(2)5-6-15(14)21-3/h5-6,11,17H,4,7-10,12H2,1-3H3. The van der Waals surface area contributed by atoms with Crippen molar-refractivity contribution in [2.24, 2.45) is 0 Å². The molecular weight excluding hydrogens is 266 g/mol. The van der Waals surface area contributed by atoms with E-state index >= 15 is 0 Å². The van der Waals surface area contributed by atoms with Crippen molar-refractivity contribution in [3.8, 4) is 5.75 Å². The molecule has 21 heavy (non-hydrogen) atoms. The molecule has 1 amide bonds. The molecule has 1 saturated heterocycles. The number of methoxy groups -OCH3 is 1. The highest BCUT2D eigenvalue weighted by Crippen LogP contribution is 2.24. The first-order valence-corrected chi connectivity index (χ1v) is 7.52. The van der Waals surface area contributed by atoms with Gasteiger partial charge in [-0.1, -0.05) is 13.0 Å². The molecule has 1 heterocycles. The summed E-state index contributed by atoms with van der Waals surface area (Å²) in [5.74, 6) is 0.915. The first-order chi connectivity index (χ1) is 10.1. The number of hydrogen-bond acceptors (Lipinski definition) is 4. The van der Waals surface area contributed by atoms with Crippen LogP contribution in [0.25, 0.3) is 0 Å². The number of likely N-dealkylation sites (N-methyl/N-ethyl adjacent to an activating group) is 1. The summed E-state index contributed by atoms with van der Waals surface area (Å²) < 4.78 is 5.31. The van der Waals surface area contributed by atoms with Crippen LogP contribution in [0.15, 0.2) is 18.2 Å². The third-order valence-electron chi connectivity index (χ3n) is 3.96. The second kappa shape index (κ2) is 7.31. The number of nitrogens with one attached hydrogen (secondary N) is 1.